The van der Waals surface area contributed by atoms with Gasteiger partial charge < -0.3 is 25.6 Å². The van der Waals surface area contributed by atoms with Gasteiger partial charge in [0.15, 0.2) is 0 Å². The van der Waals surface area contributed by atoms with E-state index in [1.165, 1.54) is 0 Å². The molecular formula is C22H25ClN4O3. The summed E-state index contributed by atoms with van der Waals surface area (Å²) in [6.45, 7) is 1.56. The van der Waals surface area contributed by atoms with Crippen molar-refractivity contribution in [2.75, 3.05) is 37.0 Å². The number of benzene rings is 2. The highest BCUT2D eigenvalue weighted by Gasteiger charge is 2.33. The first-order chi connectivity index (χ1) is 14.5. The lowest BCUT2D eigenvalue weighted by molar-refractivity contribution is -0.120. The molecule has 3 N–H and O–H groups in total. The Balaban J connectivity index is 1.41. The van der Waals surface area contributed by atoms with Crippen LogP contribution in [0.5, 0.6) is 5.75 Å². The SMILES string of the molecule is COc1ccc(C(NC(=O)Nc2ccc(N3CCNC(=O)C3)c(Cl)c2)C2CC2)cc1. The maximum absolute atomic E-state index is 12.6. The van der Waals surface area contributed by atoms with Crippen molar-refractivity contribution >= 4 is 34.9 Å². The van der Waals surface area contributed by atoms with E-state index >= 15 is 0 Å². The summed E-state index contributed by atoms with van der Waals surface area (Å²) in [5, 5.41) is 9.25. The molecule has 0 radical (unpaired) electrons. The van der Waals surface area contributed by atoms with Crippen LogP contribution in [0.2, 0.25) is 5.02 Å². The quantitative estimate of drug-likeness (QED) is 0.657. The highest BCUT2D eigenvalue weighted by molar-refractivity contribution is 6.33. The van der Waals surface area contributed by atoms with Crippen LogP contribution in [-0.4, -0.2) is 38.7 Å². The summed E-state index contributed by atoms with van der Waals surface area (Å²) >= 11 is 6.43. The molecule has 2 aromatic rings. The van der Waals surface area contributed by atoms with Crippen molar-refractivity contribution in [1.82, 2.24) is 10.6 Å². The molecule has 2 aliphatic rings. The molecule has 30 heavy (non-hydrogen) atoms. The number of rotatable bonds is 6. The third kappa shape index (κ3) is 4.79. The molecule has 1 saturated carbocycles. The van der Waals surface area contributed by atoms with E-state index < -0.39 is 0 Å². The summed E-state index contributed by atoms with van der Waals surface area (Å²) < 4.78 is 5.22. The fourth-order valence-corrected chi connectivity index (χ4v) is 4.01. The molecule has 1 unspecified atom stereocenters. The second-order valence-electron chi connectivity index (χ2n) is 7.62. The van der Waals surface area contributed by atoms with Crippen LogP contribution in [0.1, 0.15) is 24.4 Å². The Bertz CT molecular complexity index is 930. The highest BCUT2D eigenvalue weighted by atomic mass is 35.5. The zero-order valence-electron chi connectivity index (χ0n) is 16.8. The Kier molecular flexibility index (Phi) is 5.99. The molecule has 0 spiro atoms. The Labute approximate surface area is 180 Å². The first-order valence-corrected chi connectivity index (χ1v) is 10.4. The first kappa shape index (κ1) is 20.3. The van der Waals surface area contributed by atoms with Crippen molar-refractivity contribution in [1.29, 1.82) is 0 Å². The van der Waals surface area contributed by atoms with Gasteiger partial charge in [-0.15, -0.1) is 0 Å². The lowest BCUT2D eigenvalue weighted by atomic mass is 10.0. The molecule has 1 saturated heterocycles. The lowest BCUT2D eigenvalue weighted by Crippen LogP contribution is -2.47. The molecule has 7 nitrogen and oxygen atoms in total. The van der Waals surface area contributed by atoms with Crippen LogP contribution in [0.3, 0.4) is 0 Å². The fourth-order valence-electron chi connectivity index (χ4n) is 3.71. The van der Waals surface area contributed by atoms with Gasteiger partial charge in [0, 0.05) is 18.8 Å². The Hall–Kier alpha value is -2.93. The standard InChI is InChI=1S/C22H25ClN4O3/c1-30-17-7-4-15(5-8-17)21(14-2-3-14)26-22(29)25-16-6-9-19(18(23)12-16)27-11-10-24-20(28)13-27/h4-9,12,14,21H,2-3,10-11,13H2,1H3,(H,24,28)(H2,25,26,29). The van der Waals surface area contributed by atoms with Gasteiger partial charge in [0.05, 0.1) is 30.4 Å². The monoisotopic (exact) mass is 428 g/mol. The van der Waals surface area contributed by atoms with Gasteiger partial charge in [0.25, 0.3) is 0 Å². The molecule has 8 heteroatoms. The highest BCUT2D eigenvalue weighted by Crippen LogP contribution is 2.41. The van der Waals surface area contributed by atoms with Crippen LogP contribution in [-0.2, 0) is 4.79 Å². The largest absolute Gasteiger partial charge is 0.497 e. The van der Waals surface area contributed by atoms with Crippen molar-refractivity contribution in [3.63, 3.8) is 0 Å². The van der Waals surface area contributed by atoms with Gasteiger partial charge >= 0.3 is 6.03 Å². The minimum Gasteiger partial charge on any atom is -0.497 e. The van der Waals surface area contributed by atoms with Crippen molar-refractivity contribution in [2.24, 2.45) is 5.92 Å². The third-order valence-electron chi connectivity index (χ3n) is 5.44. The number of hydrogen-bond acceptors (Lipinski definition) is 4. The van der Waals surface area contributed by atoms with E-state index in [1.807, 2.05) is 35.2 Å². The number of amides is 3. The second kappa shape index (κ2) is 8.83. The smallest absolute Gasteiger partial charge is 0.319 e. The number of ether oxygens (including phenoxy) is 1. The van der Waals surface area contributed by atoms with Gasteiger partial charge in [0.1, 0.15) is 5.75 Å². The van der Waals surface area contributed by atoms with E-state index in [9.17, 15) is 9.59 Å². The van der Waals surface area contributed by atoms with Crippen molar-refractivity contribution in [2.45, 2.75) is 18.9 Å². The van der Waals surface area contributed by atoms with Crippen LogP contribution >= 0.6 is 11.6 Å². The van der Waals surface area contributed by atoms with Crippen LogP contribution in [0.25, 0.3) is 0 Å². The molecule has 0 bridgehead atoms. The molecule has 1 heterocycles. The Morgan fingerprint density at radius 1 is 1.23 bits per heavy atom. The van der Waals surface area contributed by atoms with E-state index in [0.717, 1.165) is 29.8 Å². The van der Waals surface area contributed by atoms with Crippen LogP contribution in [0.4, 0.5) is 16.2 Å². The Morgan fingerprint density at radius 2 is 2.00 bits per heavy atom. The number of carbonyl (C=O) groups is 2. The number of nitrogens with zero attached hydrogens (tertiary/aromatic N) is 1. The number of nitrogens with one attached hydrogen (secondary N) is 3. The predicted molar refractivity (Wildman–Crippen MR) is 117 cm³/mol. The van der Waals surface area contributed by atoms with Crippen molar-refractivity contribution in [3.05, 3.63) is 53.1 Å². The topological polar surface area (TPSA) is 82.7 Å². The predicted octanol–water partition coefficient (Wildman–Crippen LogP) is 3.56. The summed E-state index contributed by atoms with van der Waals surface area (Å²) in [7, 11) is 1.63. The van der Waals surface area contributed by atoms with E-state index in [1.54, 1.807) is 19.2 Å². The van der Waals surface area contributed by atoms with Gasteiger partial charge in [-0.05, 0) is 54.7 Å². The van der Waals surface area contributed by atoms with E-state index in [4.69, 9.17) is 16.3 Å². The number of hydrogen-bond donors (Lipinski definition) is 3. The molecule has 158 valence electrons. The average molecular weight is 429 g/mol. The first-order valence-electron chi connectivity index (χ1n) is 10.1. The molecule has 2 fully saturated rings. The van der Waals surface area contributed by atoms with Crippen molar-refractivity contribution in [3.8, 4) is 5.75 Å². The van der Waals surface area contributed by atoms with Crippen LogP contribution in [0, 0.1) is 5.92 Å². The van der Waals surface area contributed by atoms with Gasteiger partial charge in [-0.1, -0.05) is 23.7 Å². The van der Waals surface area contributed by atoms with Gasteiger partial charge in [-0.25, -0.2) is 4.79 Å². The maximum Gasteiger partial charge on any atom is 0.319 e. The zero-order valence-corrected chi connectivity index (χ0v) is 17.5. The lowest BCUT2D eigenvalue weighted by Gasteiger charge is -2.29. The van der Waals surface area contributed by atoms with E-state index in [2.05, 4.69) is 16.0 Å². The summed E-state index contributed by atoms with van der Waals surface area (Å²) in [5.41, 5.74) is 2.45. The van der Waals surface area contributed by atoms with Gasteiger partial charge in [-0.3, -0.25) is 4.79 Å². The molecule has 0 aromatic heterocycles. The number of carbonyl (C=O) groups excluding carboxylic acids is 2. The van der Waals surface area contributed by atoms with E-state index in [0.29, 0.717) is 29.7 Å². The number of urea groups is 1. The Morgan fingerprint density at radius 3 is 2.63 bits per heavy atom. The molecule has 3 amide bonds. The molecule has 4 rings (SSSR count). The number of anilines is 2. The summed E-state index contributed by atoms with van der Waals surface area (Å²) in [4.78, 5) is 26.2. The molecule has 2 aromatic carbocycles. The van der Waals surface area contributed by atoms with Gasteiger partial charge in [0.2, 0.25) is 5.91 Å². The minimum absolute atomic E-state index is 0.0245. The summed E-state index contributed by atoms with van der Waals surface area (Å²) in [5.74, 6) is 1.21. The van der Waals surface area contributed by atoms with Crippen LogP contribution < -0.4 is 25.6 Å². The number of halogens is 1. The summed E-state index contributed by atoms with van der Waals surface area (Å²) in [6.07, 6.45) is 2.20. The summed E-state index contributed by atoms with van der Waals surface area (Å²) in [6, 6.07) is 12.8. The average Bonchev–Trinajstić information content (AvgIpc) is 3.57. The molecule has 1 aliphatic heterocycles. The van der Waals surface area contributed by atoms with Crippen molar-refractivity contribution < 1.29 is 14.3 Å². The fraction of sp³-hybridized carbons (Fsp3) is 0.364. The second-order valence-corrected chi connectivity index (χ2v) is 8.03. The molecule has 1 aliphatic carbocycles. The number of piperazine rings is 1. The van der Waals surface area contributed by atoms with Gasteiger partial charge in [-0.2, -0.15) is 0 Å². The van der Waals surface area contributed by atoms with Crippen LogP contribution in [0.15, 0.2) is 42.5 Å². The zero-order chi connectivity index (χ0) is 21.1. The minimum atomic E-state index is -0.274. The third-order valence-corrected chi connectivity index (χ3v) is 5.74. The maximum atomic E-state index is 12.6. The molecular weight excluding hydrogens is 404 g/mol. The molecule has 1 atom stereocenters. The van der Waals surface area contributed by atoms with E-state index in [-0.39, 0.29) is 24.5 Å². The normalized spacial score (nSPS) is 17.1. The number of methoxy groups -OCH3 is 1.